The van der Waals surface area contributed by atoms with Crippen LogP contribution in [0.15, 0.2) is 30.9 Å². The molecule has 1 saturated heterocycles. The Labute approximate surface area is 175 Å². The van der Waals surface area contributed by atoms with Crippen LogP contribution in [0.1, 0.15) is 50.1 Å². The summed E-state index contributed by atoms with van der Waals surface area (Å²) in [5.74, 6) is 1.41. The minimum absolute atomic E-state index is 0.271. The monoisotopic (exact) mass is 411 g/mol. The third-order valence-corrected chi connectivity index (χ3v) is 6.43. The van der Waals surface area contributed by atoms with Crippen molar-refractivity contribution >= 4 is 28.6 Å². The number of halogens is 1. The second-order valence-corrected chi connectivity index (χ2v) is 8.54. The van der Waals surface area contributed by atoms with Crippen LogP contribution < -0.4 is 5.43 Å². The summed E-state index contributed by atoms with van der Waals surface area (Å²) >= 11 is 6.26. The number of hydrogen-bond acceptors (Lipinski definition) is 6. The molecular weight excluding hydrogens is 386 g/mol. The summed E-state index contributed by atoms with van der Waals surface area (Å²) in [5, 5.41) is 2.50. The fraction of sp³-hybridized carbons (Fsp3) is 0.524. The summed E-state index contributed by atoms with van der Waals surface area (Å²) in [7, 11) is 0. The van der Waals surface area contributed by atoms with Gasteiger partial charge in [0.05, 0.1) is 6.33 Å². The van der Waals surface area contributed by atoms with Crippen LogP contribution in [0.3, 0.4) is 0 Å². The van der Waals surface area contributed by atoms with Crippen LogP contribution in [-0.4, -0.2) is 42.6 Å². The van der Waals surface area contributed by atoms with Crippen LogP contribution in [0.5, 0.6) is 0 Å². The molecule has 1 N–H and O–H groups in total. The predicted molar refractivity (Wildman–Crippen MR) is 114 cm³/mol. The maximum Gasteiger partial charge on any atom is 0.226 e. The zero-order valence-corrected chi connectivity index (χ0v) is 17.2. The molecular formula is C21H26ClN7. The molecule has 0 bridgehead atoms. The first kappa shape index (κ1) is 18.8. The number of nitrogens with zero attached hydrogens (tertiary/aromatic N) is 6. The van der Waals surface area contributed by atoms with E-state index >= 15 is 0 Å². The Bertz CT molecular complexity index is 960. The number of hydrogen-bond donors (Lipinski definition) is 1. The molecule has 1 aliphatic carbocycles. The van der Waals surface area contributed by atoms with Gasteiger partial charge in [-0.15, -0.1) is 0 Å². The Balaban J connectivity index is 1.27. The lowest BCUT2D eigenvalue weighted by Crippen LogP contribution is -2.38. The molecule has 4 heterocycles. The van der Waals surface area contributed by atoms with E-state index in [2.05, 4.69) is 47.1 Å². The van der Waals surface area contributed by atoms with E-state index in [9.17, 15) is 0 Å². The summed E-state index contributed by atoms with van der Waals surface area (Å²) in [4.78, 5) is 17.7. The molecule has 0 aromatic carbocycles. The lowest BCUT2D eigenvalue weighted by molar-refractivity contribution is 0.216. The van der Waals surface area contributed by atoms with E-state index in [0.717, 1.165) is 43.5 Å². The highest BCUT2D eigenvalue weighted by Crippen LogP contribution is 2.33. The van der Waals surface area contributed by atoms with Gasteiger partial charge in [-0.1, -0.05) is 12.8 Å². The van der Waals surface area contributed by atoms with Gasteiger partial charge in [0.25, 0.3) is 0 Å². The molecule has 2 aliphatic rings. The second-order valence-electron chi connectivity index (χ2n) is 8.21. The average Bonchev–Trinajstić information content (AvgIpc) is 3.40. The number of fused-ring (bicyclic) bond motifs is 1. The SMILES string of the molecule is Clc1nc(NN2CCC(Cc3ccncc3)CC2)c2ncn(C3CCCC3)c2n1. The molecule has 0 amide bonds. The standard InChI is InChI=1S/C21H26ClN7/c22-21-25-19(18-20(26-21)29(14-24-18)17-3-1-2-4-17)27-28-11-7-16(8-12-28)13-15-5-9-23-10-6-15/h5-6,9-10,14,16-17H,1-4,7-8,11-13H2,(H,25,26,27). The van der Waals surface area contributed by atoms with Crippen LogP contribution in [0.2, 0.25) is 5.28 Å². The summed E-state index contributed by atoms with van der Waals surface area (Å²) in [6.45, 7) is 1.95. The molecule has 2 fully saturated rings. The van der Waals surface area contributed by atoms with Gasteiger partial charge >= 0.3 is 0 Å². The Kier molecular flexibility index (Phi) is 5.33. The topological polar surface area (TPSA) is 71.8 Å². The minimum Gasteiger partial charge on any atom is -0.312 e. The van der Waals surface area contributed by atoms with E-state index in [1.54, 1.807) is 0 Å². The molecule has 8 heteroatoms. The molecule has 7 nitrogen and oxygen atoms in total. The normalized spacial score (nSPS) is 19.2. The number of pyridine rings is 1. The van der Waals surface area contributed by atoms with E-state index < -0.39 is 0 Å². The molecule has 29 heavy (non-hydrogen) atoms. The molecule has 152 valence electrons. The maximum absolute atomic E-state index is 6.26. The number of hydrazine groups is 1. The quantitative estimate of drug-likeness (QED) is 0.632. The smallest absolute Gasteiger partial charge is 0.226 e. The van der Waals surface area contributed by atoms with Crippen molar-refractivity contribution in [2.24, 2.45) is 5.92 Å². The zero-order valence-electron chi connectivity index (χ0n) is 16.5. The highest BCUT2D eigenvalue weighted by Gasteiger charge is 2.24. The van der Waals surface area contributed by atoms with Gasteiger partial charge in [0.2, 0.25) is 5.28 Å². The van der Waals surface area contributed by atoms with Crippen molar-refractivity contribution in [3.05, 3.63) is 41.7 Å². The zero-order chi connectivity index (χ0) is 19.6. The molecule has 3 aromatic rings. The second kappa shape index (κ2) is 8.24. The first-order valence-corrected chi connectivity index (χ1v) is 10.9. The molecule has 0 atom stereocenters. The summed E-state index contributed by atoms with van der Waals surface area (Å²) < 4.78 is 2.18. The first-order chi connectivity index (χ1) is 14.3. The Hall–Kier alpha value is -2.25. The van der Waals surface area contributed by atoms with Crippen molar-refractivity contribution in [2.45, 2.75) is 51.0 Å². The van der Waals surface area contributed by atoms with Gasteiger partial charge < -0.3 is 9.99 Å². The Morgan fingerprint density at radius 1 is 1.03 bits per heavy atom. The third-order valence-electron chi connectivity index (χ3n) is 6.26. The van der Waals surface area contributed by atoms with Crippen LogP contribution >= 0.6 is 11.6 Å². The molecule has 0 spiro atoms. The molecule has 0 radical (unpaired) electrons. The number of imidazole rings is 1. The van der Waals surface area contributed by atoms with Gasteiger partial charge in [-0.3, -0.25) is 4.98 Å². The van der Waals surface area contributed by atoms with E-state index in [4.69, 9.17) is 11.6 Å². The van der Waals surface area contributed by atoms with Crippen molar-refractivity contribution < 1.29 is 0 Å². The molecule has 5 rings (SSSR count). The van der Waals surface area contributed by atoms with Crippen molar-refractivity contribution in [3.63, 3.8) is 0 Å². The van der Waals surface area contributed by atoms with Gasteiger partial charge in [0.15, 0.2) is 17.0 Å². The van der Waals surface area contributed by atoms with Crippen molar-refractivity contribution in [1.29, 1.82) is 0 Å². The summed E-state index contributed by atoms with van der Waals surface area (Å²) in [6.07, 6.45) is 14.0. The van der Waals surface area contributed by atoms with Crippen LogP contribution in [-0.2, 0) is 6.42 Å². The highest BCUT2D eigenvalue weighted by atomic mass is 35.5. The molecule has 0 unspecified atom stereocenters. The van der Waals surface area contributed by atoms with Crippen molar-refractivity contribution in [1.82, 2.24) is 29.5 Å². The number of aromatic nitrogens is 5. The first-order valence-electron chi connectivity index (χ1n) is 10.6. The van der Waals surface area contributed by atoms with Crippen LogP contribution in [0, 0.1) is 5.92 Å². The number of anilines is 1. The fourth-order valence-electron chi connectivity index (χ4n) is 4.67. The van der Waals surface area contributed by atoms with E-state index in [1.807, 2.05) is 18.7 Å². The number of rotatable bonds is 5. The van der Waals surface area contributed by atoms with Crippen molar-refractivity contribution in [3.8, 4) is 0 Å². The van der Waals surface area contributed by atoms with Gasteiger partial charge in [0.1, 0.15) is 0 Å². The highest BCUT2D eigenvalue weighted by molar-refractivity contribution is 6.28. The Morgan fingerprint density at radius 2 is 1.79 bits per heavy atom. The van der Waals surface area contributed by atoms with Gasteiger partial charge in [-0.2, -0.15) is 9.97 Å². The largest absolute Gasteiger partial charge is 0.312 e. The maximum atomic E-state index is 6.26. The fourth-order valence-corrected chi connectivity index (χ4v) is 4.83. The summed E-state index contributed by atoms with van der Waals surface area (Å²) in [5.41, 5.74) is 6.48. The molecule has 1 aliphatic heterocycles. The average molecular weight is 412 g/mol. The number of piperidine rings is 1. The van der Waals surface area contributed by atoms with E-state index in [-0.39, 0.29) is 5.28 Å². The molecule has 3 aromatic heterocycles. The van der Waals surface area contributed by atoms with Gasteiger partial charge in [-0.25, -0.2) is 9.99 Å². The van der Waals surface area contributed by atoms with Crippen LogP contribution in [0.4, 0.5) is 5.82 Å². The molecule has 1 saturated carbocycles. The van der Waals surface area contributed by atoms with Gasteiger partial charge in [0, 0.05) is 31.5 Å². The lowest BCUT2D eigenvalue weighted by Gasteiger charge is -2.32. The van der Waals surface area contributed by atoms with Crippen molar-refractivity contribution in [2.75, 3.05) is 18.5 Å². The Morgan fingerprint density at radius 3 is 2.55 bits per heavy atom. The third kappa shape index (κ3) is 4.07. The minimum atomic E-state index is 0.271. The van der Waals surface area contributed by atoms with Gasteiger partial charge in [-0.05, 0) is 67.3 Å². The number of nitrogens with one attached hydrogen (secondary N) is 1. The summed E-state index contributed by atoms with van der Waals surface area (Å²) in [6, 6.07) is 4.71. The lowest BCUT2D eigenvalue weighted by atomic mass is 9.91. The van der Waals surface area contributed by atoms with E-state index in [0.29, 0.717) is 17.8 Å². The van der Waals surface area contributed by atoms with E-state index in [1.165, 1.54) is 31.2 Å². The predicted octanol–water partition coefficient (Wildman–Crippen LogP) is 4.27. The van der Waals surface area contributed by atoms with Crippen LogP contribution in [0.25, 0.3) is 11.2 Å².